The van der Waals surface area contributed by atoms with Gasteiger partial charge in [0.2, 0.25) is 5.95 Å². The van der Waals surface area contributed by atoms with Crippen LogP contribution in [0.25, 0.3) is 11.2 Å². The minimum Gasteiger partial charge on any atom is -0.374 e. The van der Waals surface area contributed by atoms with E-state index in [9.17, 15) is 14.5 Å². The Morgan fingerprint density at radius 1 is 1.57 bits per heavy atom. The number of nitrogen functional groups attached to an aromatic ring is 1. The number of anilines is 1. The van der Waals surface area contributed by atoms with Gasteiger partial charge in [-0.2, -0.15) is 4.98 Å². The summed E-state index contributed by atoms with van der Waals surface area (Å²) in [5.74, 6) is -0.0944. The number of nitrogens with zero attached hydrogens (tertiary/aromatic N) is 3. The molecule has 0 aromatic carbocycles. The molecule has 3 heterocycles. The highest BCUT2D eigenvalue weighted by Crippen LogP contribution is 2.40. The Hall–Kier alpha value is -1.56. The van der Waals surface area contributed by atoms with Crippen molar-refractivity contribution < 1.29 is 23.7 Å². The van der Waals surface area contributed by atoms with Crippen LogP contribution in [-0.2, 0) is 18.6 Å². The van der Waals surface area contributed by atoms with Crippen LogP contribution < -0.4 is 11.3 Å². The Morgan fingerprint density at radius 2 is 2.30 bits per heavy atom. The lowest BCUT2D eigenvalue weighted by Crippen LogP contribution is -2.34. The summed E-state index contributed by atoms with van der Waals surface area (Å²) in [7, 11) is -0.913. The number of aromatic nitrogens is 4. The van der Waals surface area contributed by atoms with E-state index in [1.54, 1.807) is 0 Å². The van der Waals surface area contributed by atoms with E-state index < -0.39 is 37.5 Å². The Bertz CT molecular complexity index is 811. The number of thiol groups is 1. The number of nitrogens with one attached hydrogen (secondary N) is 1. The van der Waals surface area contributed by atoms with Gasteiger partial charge in [0.1, 0.15) is 18.4 Å². The van der Waals surface area contributed by atoms with Gasteiger partial charge in [-0.1, -0.05) is 0 Å². The highest BCUT2D eigenvalue weighted by Gasteiger charge is 2.50. The molecule has 124 valence electrons. The number of hydrogen-bond acceptors (Lipinski definition) is 9. The van der Waals surface area contributed by atoms with Crippen molar-refractivity contribution in [2.75, 3.05) is 12.8 Å². The highest BCUT2D eigenvalue weighted by atomic mass is 32.7. The first-order chi connectivity index (χ1) is 10.9. The smallest absolute Gasteiger partial charge is 0.374 e. The van der Waals surface area contributed by atoms with Gasteiger partial charge in [0.15, 0.2) is 29.8 Å². The molecule has 0 saturated carbocycles. The predicted octanol–water partition coefficient (Wildman–Crippen LogP) is -0.464. The molecule has 0 amide bonds. The molecule has 0 bridgehead atoms. The van der Waals surface area contributed by atoms with E-state index in [1.165, 1.54) is 18.0 Å². The number of hydrogen-bond donors (Lipinski definition) is 4. The van der Waals surface area contributed by atoms with Gasteiger partial charge in [0, 0.05) is 7.11 Å². The molecule has 5 unspecified atom stereocenters. The molecular formula is C10H13N5O6PS+. The quantitative estimate of drug-likeness (QED) is 0.417. The Kier molecular flexibility index (Phi) is 4.36. The summed E-state index contributed by atoms with van der Waals surface area (Å²) in [5.41, 5.74) is 5.23. The van der Waals surface area contributed by atoms with Crippen LogP contribution in [0.3, 0.4) is 0 Å². The van der Waals surface area contributed by atoms with Crippen LogP contribution in [0.2, 0.25) is 0 Å². The van der Waals surface area contributed by atoms with Crippen molar-refractivity contribution in [2.24, 2.45) is 0 Å². The van der Waals surface area contributed by atoms with Crippen LogP contribution in [0.5, 0.6) is 0 Å². The van der Waals surface area contributed by atoms with Crippen LogP contribution in [0, 0.1) is 0 Å². The topological polar surface area (TPSA) is 155 Å². The van der Waals surface area contributed by atoms with Crippen molar-refractivity contribution in [3.8, 4) is 0 Å². The van der Waals surface area contributed by atoms with E-state index in [1.807, 2.05) is 0 Å². The summed E-state index contributed by atoms with van der Waals surface area (Å²) < 4.78 is 28.3. The molecule has 5 atom stereocenters. The number of methoxy groups -OCH3 is 1. The largest absolute Gasteiger partial charge is 0.582 e. The maximum Gasteiger partial charge on any atom is 0.582 e. The van der Waals surface area contributed by atoms with Gasteiger partial charge in [0.05, 0.1) is 6.33 Å². The number of nitrogens with two attached hydrogens (primary N) is 1. The molecule has 0 spiro atoms. The Balaban J connectivity index is 2.04. The molecule has 1 aliphatic rings. The fourth-order valence-corrected chi connectivity index (χ4v) is 3.20. The maximum absolute atomic E-state index is 11.8. The van der Waals surface area contributed by atoms with E-state index in [-0.39, 0.29) is 17.1 Å². The van der Waals surface area contributed by atoms with Crippen molar-refractivity contribution in [3.63, 3.8) is 0 Å². The van der Waals surface area contributed by atoms with Crippen molar-refractivity contribution in [1.29, 1.82) is 0 Å². The third-order valence-corrected chi connectivity index (χ3v) is 4.08. The zero-order valence-electron chi connectivity index (χ0n) is 11.7. The van der Waals surface area contributed by atoms with Crippen LogP contribution >= 0.6 is 19.5 Å². The molecule has 3 rings (SSSR count). The lowest BCUT2D eigenvalue weighted by molar-refractivity contribution is -0.136. The number of aromatic amines is 1. The Morgan fingerprint density at radius 3 is 2.96 bits per heavy atom. The fourth-order valence-electron chi connectivity index (χ4n) is 2.44. The van der Waals surface area contributed by atoms with Gasteiger partial charge in [-0.05, 0) is 4.57 Å². The third kappa shape index (κ3) is 2.84. The highest BCUT2D eigenvalue weighted by molar-refractivity contribution is 8.39. The molecule has 1 fully saturated rings. The van der Waals surface area contributed by atoms with E-state index in [2.05, 4.69) is 27.2 Å². The van der Waals surface area contributed by atoms with E-state index in [0.717, 1.165) is 0 Å². The first kappa shape index (κ1) is 16.3. The molecule has 4 N–H and O–H groups in total. The van der Waals surface area contributed by atoms with Gasteiger partial charge in [-0.15, -0.1) is 4.52 Å². The molecule has 2 aromatic rings. The van der Waals surface area contributed by atoms with Gasteiger partial charge < -0.3 is 20.3 Å². The molecule has 13 heteroatoms. The number of aliphatic hydroxyl groups is 1. The minimum atomic E-state index is -2.28. The minimum absolute atomic E-state index is 0.0526. The summed E-state index contributed by atoms with van der Waals surface area (Å²) in [6.07, 6.45) is -2.90. The van der Waals surface area contributed by atoms with Crippen LogP contribution in [-0.4, -0.2) is 50.2 Å². The Labute approximate surface area is 134 Å². The predicted molar refractivity (Wildman–Crippen MR) is 81.0 cm³/mol. The molecule has 11 nitrogen and oxygen atoms in total. The lowest BCUT2D eigenvalue weighted by Gasteiger charge is -2.19. The van der Waals surface area contributed by atoms with Crippen molar-refractivity contribution in [3.05, 3.63) is 16.7 Å². The zero-order valence-corrected chi connectivity index (χ0v) is 13.5. The molecule has 2 aromatic heterocycles. The molecule has 1 aliphatic heterocycles. The van der Waals surface area contributed by atoms with Crippen LogP contribution in [0.1, 0.15) is 6.23 Å². The first-order valence-electron chi connectivity index (χ1n) is 6.34. The molecule has 0 radical (unpaired) electrons. The fraction of sp³-hybridized carbons (Fsp3) is 0.500. The summed E-state index contributed by atoms with van der Waals surface area (Å²) in [6, 6.07) is 0. The number of rotatable bonds is 4. The second-order valence-corrected chi connectivity index (χ2v) is 6.37. The molecule has 23 heavy (non-hydrogen) atoms. The number of fused-ring (bicyclic) bond motifs is 1. The van der Waals surface area contributed by atoms with Crippen LogP contribution in [0.4, 0.5) is 5.95 Å². The standard InChI is InChI=1S/C10H12N5O6PS/c1-19-4-5(21-22(18)23)9(17)20-8(4)15-2-12-3-6(15)13-10(11)14-7(3)16/h2,4-5,8-9,17H,1H3,(H3-,11,13,14,16,18,23)/p+1. The number of ether oxygens (including phenoxy) is 2. The summed E-state index contributed by atoms with van der Waals surface area (Å²) in [4.78, 5) is 22.1. The third-order valence-electron chi connectivity index (χ3n) is 3.37. The SMILES string of the molecule is COC1C(O[P+](=O)S)C(O)OC1n1cnc2c(=O)[nH]c(N)nc21. The van der Waals surface area contributed by atoms with E-state index in [0.29, 0.717) is 0 Å². The second-order valence-electron chi connectivity index (χ2n) is 4.70. The summed E-state index contributed by atoms with van der Waals surface area (Å²) in [6.45, 7) is 0. The maximum atomic E-state index is 11.8. The second kappa shape index (κ2) is 6.15. The van der Waals surface area contributed by atoms with E-state index in [4.69, 9.17) is 19.7 Å². The lowest BCUT2D eigenvalue weighted by atomic mass is 10.2. The summed E-state index contributed by atoms with van der Waals surface area (Å²) >= 11 is 3.66. The van der Waals surface area contributed by atoms with E-state index >= 15 is 0 Å². The van der Waals surface area contributed by atoms with Crippen molar-refractivity contribution in [1.82, 2.24) is 19.5 Å². The first-order valence-corrected chi connectivity index (χ1v) is 8.67. The summed E-state index contributed by atoms with van der Waals surface area (Å²) in [5, 5.41) is 9.95. The molecular weight excluding hydrogens is 349 g/mol. The van der Waals surface area contributed by atoms with Crippen LogP contribution in [0.15, 0.2) is 11.1 Å². The van der Waals surface area contributed by atoms with Gasteiger partial charge >= 0.3 is 7.23 Å². The number of aliphatic hydroxyl groups excluding tert-OH is 1. The normalized spacial score (nSPS) is 28.4. The van der Waals surface area contributed by atoms with Crippen molar-refractivity contribution >= 4 is 36.6 Å². The monoisotopic (exact) mass is 362 g/mol. The molecule has 0 aliphatic carbocycles. The number of imidazole rings is 1. The average molecular weight is 362 g/mol. The van der Waals surface area contributed by atoms with Gasteiger partial charge in [-0.25, -0.2) is 4.98 Å². The van der Waals surface area contributed by atoms with Gasteiger partial charge in [-0.3, -0.25) is 14.3 Å². The van der Waals surface area contributed by atoms with Gasteiger partial charge in [0.25, 0.3) is 5.56 Å². The van der Waals surface area contributed by atoms with Crippen molar-refractivity contribution in [2.45, 2.75) is 24.7 Å². The number of H-pyrrole nitrogens is 1. The average Bonchev–Trinajstić information content (AvgIpc) is 3.00. The zero-order chi connectivity index (χ0) is 16.7. The molecule has 1 saturated heterocycles.